The molecule has 78 valence electrons. The summed E-state index contributed by atoms with van der Waals surface area (Å²) in [6.07, 6.45) is 2.99. The summed E-state index contributed by atoms with van der Waals surface area (Å²) < 4.78 is 20.6. The summed E-state index contributed by atoms with van der Waals surface area (Å²) in [5.41, 5.74) is 5.60. The predicted molar refractivity (Wildman–Crippen MR) is 55.9 cm³/mol. The lowest BCUT2D eigenvalue weighted by Gasteiger charge is -2.07. The molecule has 6 heteroatoms. The zero-order valence-electron chi connectivity index (χ0n) is 8.35. The van der Waals surface area contributed by atoms with Crippen molar-refractivity contribution < 1.29 is 8.95 Å². The number of methoxy groups -OCH3 is 1. The van der Waals surface area contributed by atoms with E-state index < -0.39 is 9.73 Å². The third-order valence-corrected chi connectivity index (χ3v) is 3.69. The van der Waals surface area contributed by atoms with Gasteiger partial charge in [-0.05, 0) is 0 Å². The molecule has 0 aromatic carbocycles. The fourth-order valence-electron chi connectivity index (χ4n) is 0.951. The Bertz CT molecular complexity index is 450. The number of hydrogen-bond donors (Lipinski definition) is 1. The lowest BCUT2D eigenvalue weighted by Crippen LogP contribution is -2.04. The summed E-state index contributed by atoms with van der Waals surface area (Å²) in [6.45, 7) is 0. The third kappa shape index (κ3) is 1.95. The van der Waals surface area contributed by atoms with Crippen LogP contribution in [-0.4, -0.2) is 29.6 Å². The summed E-state index contributed by atoms with van der Waals surface area (Å²) in [4.78, 5) is 4.29. The molecule has 2 N–H and O–H groups in total. The van der Waals surface area contributed by atoms with Gasteiger partial charge < -0.3 is 10.5 Å². The van der Waals surface area contributed by atoms with Gasteiger partial charge in [0.1, 0.15) is 11.6 Å². The van der Waals surface area contributed by atoms with Gasteiger partial charge in [-0.25, -0.2) is 13.6 Å². The molecule has 0 bridgehead atoms. The van der Waals surface area contributed by atoms with Crippen molar-refractivity contribution in [1.29, 1.82) is 0 Å². The Morgan fingerprint density at radius 3 is 2.79 bits per heavy atom. The highest BCUT2D eigenvalue weighted by Gasteiger charge is 2.11. The van der Waals surface area contributed by atoms with Crippen LogP contribution in [0.2, 0.25) is 0 Å². The Hall–Kier alpha value is -1.30. The van der Waals surface area contributed by atoms with Gasteiger partial charge in [-0.3, -0.25) is 0 Å². The van der Waals surface area contributed by atoms with Crippen LogP contribution in [0.15, 0.2) is 21.5 Å². The van der Waals surface area contributed by atoms with Crippen LogP contribution in [0.4, 0.5) is 5.82 Å². The van der Waals surface area contributed by atoms with Crippen molar-refractivity contribution >= 4 is 15.5 Å². The van der Waals surface area contributed by atoms with Gasteiger partial charge in [0.15, 0.2) is 0 Å². The molecule has 1 aromatic heterocycles. The molecular weight excluding hydrogens is 202 g/mol. The summed E-state index contributed by atoms with van der Waals surface area (Å²) in [7, 11) is 0.545. The molecular formula is C8H13N3O2S. The molecule has 0 saturated carbocycles. The molecule has 1 heterocycles. The first kappa shape index (κ1) is 10.8. The summed E-state index contributed by atoms with van der Waals surface area (Å²) in [5, 5.41) is 0. The van der Waals surface area contributed by atoms with Crippen LogP contribution in [0, 0.1) is 0 Å². The largest absolute Gasteiger partial charge is 0.495 e. The topological polar surface area (TPSA) is 77.6 Å². The lowest BCUT2D eigenvalue weighted by molar-refractivity contribution is 0.411. The van der Waals surface area contributed by atoms with E-state index in [1.807, 2.05) is 0 Å². The lowest BCUT2D eigenvalue weighted by atomic mass is 10.4. The van der Waals surface area contributed by atoms with E-state index in [0.29, 0.717) is 10.6 Å². The number of anilines is 1. The normalized spacial score (nSPS) is 14.5. The van der Waals surface area contributed by atoms with Crippen LogP contribution in [0.25, 0.3) is 0 Å². The van der Waals surface area contributed by atoms with E-state index in [1.54, 1.807) is 6.07 Å². The fraction of sp³-hybridized carbons (Fsp3) is 0.375. The Morgan fingerprint density at radius 2 is 2.29 bits per heavy atom. The number of nitrogen functional groups attached to an aromatic ring is 1. The van der Waals surface area contributed by atoms with Crippen LogP contribution in [-0.2, 0) is 9.73 Å². The maximum absolute atomic E-state index is 11.9. The first-order valence-electron chi connectivity index (χ1n) is 3.91. The van der Waals surface area contributed by atoms with Crippen LogP contribution >= 0.6 is 0 Å². The quantitative estimate of drug-likeness (QED) is 0.790. The van der Waals surface area contributed by atoms with Gasteiger partial charge in [-0.2, -0.15) is 0 Å². The molecule has 0 radical (unpaired) electrons. The summed E-state index contributed by atoms with van der Waals surface area (Å²) >= 11 is 0. The molecule has 1 aromatic rings. The van der Waals surface area contributed by atoms with Crippen LogP contribution in [0.1, 0.15) is 0 Å². The predicted octanol–water partition coefficient (Wildman–Crippen LogP) is 0.759. The van der Waals surface area contributed by atoms with Crippen molar-refractivity contribution in [2.75, 3.05) is 26.1 Å². The van der Waals surface area contributed by atoms with Gasteiger partial charge in [0, 0.05) is 19.4 Å². The zero-order valence-corrected chi connectivity index (χ0v) is 9.17. The molecule has 0 aliphatic heterocycles. The van der Waals surface area contributed by atoms with Gasteiger partial charge in [0.2, 0.25) is 0 Å². The average Bonchev–Trinajstić information content (AvgIpc) is 2.18. The highest BCUT2D eigenvalue weighted by Crippen LogP contribution is 2.22. The van der Waals surface area contributed by atoms with Crippen molar-refractivity contribution in [3.63, 3.8) is 0 Å². The Morgan fingerprint density at radius 1 is 1.64 bits per heavy atom. The highest BCUT2D eigenvalue weighted by molar-refractivity contribution is 7.93. The number of nitrogens with zero attached hydrogens (tertiary/aromatic N) is 2. The first-order valence-corrected chi connectivity index (χ1v) is 5.83. The van der Waals surface area contributed by atoms with Crippen molar-refractivity contribution in [2.45, 2.75) is 4.90 Å². The van der Waals surface area contributed by atoms with Crippen molar-refractivity contribution in [3.8, 4) is 5.75 Å². The second-order valence-electron chi connectivity index (χ2n) is 2.74. The molecule has 1 atom stereocenters. The minimum atomic E-state index is -2.45. The van der Waals surface area contributed by atoms with Gasteiger partial charge in [-0.15, -0.1) is 0 Å². The standard InChI is InChI=1S/C8H13N3O2S/c1-10-14(3,12)7-4-6(13-2)5-11-8(7)9/h4-5H,1-3H3,(H2,9,11). The molecule has 5 nitrogen and oxygen atoms in total. The number of rotatable bonds is 2. The van der Waals surface area contributed by atoms with Crippen molar-refractivity contribution in [2.24, 2.45) is 4.36 Å². The van der Waals surface area contributed by atoms with E-state index in [1.165, 1.54) is 26.6 Å². The Kier molecular flexibility index (Phi) is 2.95. The van der Waals surface area contributed by atoms with E-state index in [4.69, 9.17) is 10.5 Å². The van der Waals surface area contributed by atoms with Crippen LogP contribution < -0.4 is 10.5 Å². The second-order valence-corrected chi connectivity index (χ2v) is 5.15. The number of aromatic nitrogens is 1. The maximum Gasteiger partial charge on any atom is 0.140 e. The van der Waals surface area contributed by atoms with E-state index >= 15 is 0 Å². The molecule has 1 rings (SSSR count). The Labute approximate surface area is 83.5 Å². The molecule has 1 unspecified atom stereocenters. The summed E-state index contributed by atoms with van der Waals surface area (Å²) in [5.74, 6) is 0.747. The van der Waals surface area contributed by atoms with Crippen LogP contribution in [0.5, 0.6) is 5.75 Å². The van der Waals surface area contributed by atoms with Gasteiger partial charge in [0.25, 0.3) is 0 Å². The molecule has 0 aliphatic carbocycles. The zero-order chi connectivity index (χ0) is 10.8. The van der Waals surface area contributed by atoms with Gasteiger partial charge in [0.05, 0.1) is 27.9 Å². The highest BCUT2D eigenvalue weighted by atomic mass is 32.2. The monoisotopic (exact) mass is 215 g/mol. The van der Waals surface area contributed by atoms with Gasteiger partial charge in [-0.1, -0.05) is 0 Å². The molecule has 0 amide bonds. The maximum atomic E-state index is 11.9. The number of nitrogens with two attached hydrogens (primary N) is 1. The van der Waals surface area contributed by atoms with E-state index in [9.17, 15) is 4.21 Å². The number of hydrogen-bond acceptors (Lipinski definition) is 5. The molecule has 0 aliphatic rings. The first-order chi connectivity index (χ1) is 6.51. The molecule has 0 spiro atoms. The summed E-state index contributed by atoms with van der Waals surface area (Å²) in [6, 6.07) is 1.59. The number of ether oxygens (including phenoxy) is 1. The average molecular weight is 215 g/mol. The van der Waals surface area contributed by atoms with Gasteiger partial charge >= 0.3 is 0 Å². The second kappa shape index (κ2) is 3.83. The number of pyridine rings is 1. The minimum Gasteiger partial charge on any atom is -0.495 e. The smallest absolute Gasteiger partial charge is 0.140 e. The van der Waals surface area contributed by atoms with Crippen molar-refractivity contribution in [1.82, 2.24) is 4.98 Å². The minimum absolute atomic E-state index is 0.226. The molecule has 0 saturated heterocycles. The van der Waals surface area contributed by atoms with E-state index in [0.717, 1.165) is 0 Å². The molecule has 14 heavy (non-hydrogen) atoms. The van der Waals surface area contributed by atoms with E-state index in [2.05, 4.69) is 9.35 Å². The fourth-order valence-corrected chi connectivity index (χ4v) is 1.92. The third-order valence-electron chi connectivity index (χ3n) is 1.85. The molecule has 0 fully saturated rings. The van der Waals surface area contributed by atoms with E-state index in [-0.39, 0.29) is 5.82 Å². The Balaban J connectivity index is 3.41. The SMILES string of the molecule is CN=S(C)(=O)c1cc(OC)cnc1N. The van der Waals surface area contributed by atoms with Crippen molar-refractivity contribution in [3.05, 3.63) is 12.3 Å². The van der Waals surface area contributed by atoms with Crippen LogP contribution in [0.3, 0.4) is 0 Å².